The van der Waals surface area contributed by atoms with E-state index in [-0.39, 0.29) is 11.1 Å². The van der Waals surface area contributed by atoms with Crippen LogP contribution in [-0.4, -0.2) is 27.5 Å². The summed E-state index contributed by atoms with van der Waals surface area (Å²) in [6, 6.07) is 4.24. The Hall–Kier alpha value is -1.93. The minimum atomic E-state index is -4.40. The first-order valence-corrected chi connectivity index (χ1v) is 6.74. The Bertz CT molecular complexity index is 608. The van der Waals surface area contributed by atoms with E-state index in [1.54, 1.807) is 6.92 Å². The van der Waals surface area contributed by atoms with Gasteiger partial charge in [0.2, 0.25) is 0 Å². The summed E-state index contributed by atoms with van der Waals surface area (Å²) in [6.45, 7) is 1.70. The minimum absolute atomic E-state index is 0.0422. The lowest BCUT2D eigenvalue weighted by Gasteiger charge is -2.10. The second-order valence-corrected chi connectivity index (χ2v) is 4.69. The third kappa shape index (κ3) is 3.76. The summed E-state index contributed by atoms with van der Waals surface area (Å²) in [6.07, 6.45) is 0.320. The average molecular weight is 287 g/mol. The van der Waals surface area contributed by atoms with Gasteiger partial charge < -0.3 is 8.92 Å². The molecule has 0 heterocycles. The molecule has 0 aliphatic carbocycles. The molecule has 0 unspecified atom stereocenters. The molecule has 0 aliphatic rings. The van der Waals surface area contributed by atoms with Crippen LogP contribution in [0.3, 0.4) is 0 Å². The predicted molar refractivity (Wildman–Crippen MR) is 65.7 cm³/mol. The molecule has 7 nitrogen and oxygen atoms in total. The van der Waals surface area contributed by atoms with Crippen LogP contribution in [-0.2, 0) is 25.6 Å². The molecule has 0 spiro atoms. The number of esters is 1. The smallest absolute Gasteiger partial charge is 0.382 e. The molecule has 0 aliphatic heterocycles. The standard InChI is InChI=1S/C11H13NO6S/c1-3-7-8(10(13)17-2)5-4-6-9(7)11(14)18-19(12,15)16/h4-6H,3H2,1-2H3,(H2,12,15,16). The molecule has 1 rings (SSSR count). The van der Waals surface area contributed by atoms with Crippen LogP contribution in [0.5, 0.6) is 0 Å². The number of carbonyl (C=O) groups is 2. The SMILES string of the molecule is CCc1c(C(=O)OC)cccc1C(=O)OS(N)(=O)=O. The van der Waals surface area contributed by atoms with Gasteiger partial charge in [-0.2, -0.15) is 13.6 Å². The van der Waals surface area contributed by atoms with E-state index in [4.69, 9.17) is 0 Å². The zero-order valence-corrected chi connectivity index (χ0v) is 11.2. The van der Waals surface area contributed by atoms with Gasteiger partial charge in [-0.3, -0.25) is 0 Å². The van der Waals surface area contributed by atoms with Gasteiger partial charge in [-0.05, 0) is 24.1 Å². The van der Waals surface area contributed by atoms with E-state index in [1.807, 2.05) is 0 Å². The van der Waals surface area contributed by atoms with Crippen LogP contribution in [0.4, 0.5) is 0 Å². The Balaban J connectivity index is 3.29. The lowest BCUT2D eigenvalue weighted by atomic mass is 9.99. The van der Waals surface area contributed by atoms with Crippen LogP contribution < -0.4 is 5.14 Å². The second-order valence-electron chi connectivity index (χ2n) is 3.54. The Labute approximate surface area is 110 Å². The first-order chi connectivity index (χ1) is 8.80. The highest BCUT2D eigenvalue weighted by Gasteiger charge is 2.21. The van der Waals surface area contributed by atoms with Crippen LogP contribution >= 0.6 is 0 Å². The van der Waals surface area contributed by atoms with Gasteiger partial charge in [0.15, 0.2) is 0 Å². The maximum absolute atomic E-state index is 11.7. The van der Waals surface area contributed by atoms with Crippen molar-refractivity contribution in [1.29, 1.82) is 0 Å². The molecule has 0 aromatic heterocycles. The average Bonchev–Trinajstić information content (AvgIpc) is 2.34. The van der Waals surface area contributed by atoms with Crippen molar-refractivity contribution in [3.05, 3.63) is 34.9 Å². The van der Waals surface area contributed by atoms with Gasteiger partial charge in [-0.1, -0.05) is 13.0 Å². The fourth-order valence-electron chi connectivity index (χ4n) is 1.61. The summed E-state index contributed by atoms with van der Waals surface area (Å²) in [5, 5.41) is 4.63. The van der Waals surface area contributed by atoms with Crippen molar-refractivity contribution in [2.45, 2.75) is 13.3 Å². The Morgan fingerprint density at radius 2 is 1.74 bits per heavy atom. The Kier molecular flexibility index (Phi) is 4.62. The van der Waals surface area contributed by atoms with Crippen LogP contribution in [0.2, 0.25) is 0 Å². The van der Waals surface area contributed by atoms with E-state index in [2.05, 4.69) is 14.1 Å². The fourth-order valence-corrected chi connectivity index (χ4v) is 1.91. The fraction of sp³-hybridized carbons (Fsp3) is 0.273. The Morgan fingerprint density at radius 1 is 1.21 bits per heavy atom. The lowest BCUT2D eigenvalue weighted by molar-refractivity contribution is 0.0599. The van der Waals surface area contributed by atoms with Gasteiger partial charge in [0.05, 0.1) is 18.2 Å². The molecule has 1 aromatic carbocycles. The van der Waals surface area contributed by atoms with Crippen LogP contribution in [0.25, 0.3) is 0 Å². The molecular weight excluding hydrogens is 274 g/mol. The summed E-state index contributed by atoms with van der Waals surface area (Å²) >= 11 is 0. The number of rotatable bonds is 4. The van der Waals surface area contributed by atoms with Crippen LogP contribution in [0, 0.1) is 0 Å². The number of benzene rings is 1. The summed E-state index contributed by atoms with van der Waals surface area (Å²) in [4.78, 5) is 23.2. The molecule has 0 bridgehead atoms. The molecule has 0 amide bonds. The number of hydrogen-bond acceptors (Lipinski definition) is 6. The van der Waals surface area contributed by atoms with Crippen molar-refractivity contribution < 1.29 is 26.9 Å². The normalized spacial score (nSPS) is 10.9. The van der Waals surface area contributed by atoms with E-state index in [0.29, 0.717) is 12.0 Å². The lowest BCUT2D eigenvalue weighted by Crippen LogP contribution is -2.22. The summed E-state index contributed by atoms with van der Waals surface area (Å²) in [7, 11) is -3.20. The minimum Gasteiger partial charge on any atom is -0.465 e. The maximum Gasteiger partial charge on any atom is 0.382 e. The number of hydrogen-bond donors (Lipinski definition) is 1. The third-order valence-electron chi connectivity index (χ3n) is 2.35. The van der Waals surface area contributed by atoms with E-state index >= 15 is 0 Å². The van der Waals surface area contributed by atoms with Gasteiger partial charge in [0.25, 0.3) is 0 Å². The van der Waals surface area contributed by atoms with Gasteiger partial charge >= 0.3 is 22.2 Å². The molecule has 0 radical (unpaired) electrons. The van der Waals surface area contributed by atoms with E-state index < -0.39 is 22.2 Å². The molecule has 0 fully saturated rings. The van der Waals surface area contributed by atoms with Crippen molar-refractivity contribution in [3.63, 3.8) is 0 Å². The van der Waals surface area contributed by atoms with Crippen molar-refractivity contribution in [3.8, 4) is 0 Å². The first-order valence-electron chi connectivity index (χ1n) is 5.27. The molecule has 0 atom stereocenters. The topological polar surface area (TPSA) is 113 Å². The number of methoxy groups -OCH3 is 1. The van der Waals surface area contributed by atoms with Gasteiger partial charge in [-0.25, -0.2) is 9.59 Å². The largest absolute Gasteiger partial charge is 0.465 e. The highest BCUT2D eigenvalue weighted by Crippen LogP contribution is 2.18. The Morgan fingerprint density at radius 3 is 2.16 bits per heavy atom. The first kappa shape index (κ1) is 15.1. The third-order valence-corrected chi connectivity index (χ3v) is 2.73. The molecule has 19 heavy (non-hydrogen) atoms. The molecule has 8 heteroatoms. The zero-order valence-electron chi connectivity index (χ0n) is 10.4. The molecule has 0 saturated carbocycles. The van der Waals surface area contributed by atoms with E-state index in [9.17, 15) is 18.0 Å². The van der Waals surface area contributed by atoms with E-state index in [1.165, 1.54) is 25.3 Å². The molecule has 0 saturated heterocycles. The summed E-state index contributed by atoms with van der Waals surface area (Å²) in [5.74, 6) is -1.76. The number of carbonyl (C=O) groups excluding carboxylic acids is 2. The van der Waals surface area contributed by atoms with Crippen molar-refractivity contribution in [2.75, 3.05) is 7.11 Å². The summed E-state index contributed by atoms with van der Waals surface area (Å²) in [5.41, 5.74) is 0.469. The maximum atomic E-state index is 11.7. The van der Waals surface area contributed by atoms with Crippen molar-refractivity contribution in [2.24, 2.45) is 5.14 Å². The van der Waals surface area contributed by atoms with Gasteiger partial charge in [0.1, 0.15) is 0 Å². The molecule has 2 N–H and O–H groups in total. The highest BCUT2D eigenvalue weighted by molar-refractivity contribution is 7.84. The quantitative estimate of drug-likeness (QED) is 0.802. The highest BCUT2D eigenvalue weighted by atomic mass is 32.2. The monoisotopic (exact) mass is 287 g/mol. The molecule has 1 aromatic rings. The van der Waals surface area contributed by atoms with Gasteiger partial charge in [-0.15, -0.1) is 0 Å². The van der Waals surface area contributed by atoms with Crippen molar-refractivity contribution >= 4 is 22.2 Å². The van der Waals surface area contributed by atoms with Crippen LogP contribution in [0.15, 0.2) is 18.2 Å². The number of ether oxygens (including phenoxy) is 1. The summed E-state index contributed by atoms with van der Waals surface area (Å²) < 4.78 is 30.1. The molecular formula is C11H13NO6S. The van der Waals surface area contributed by atoms with E-state index in [0.717, 1.165) is 0 Å². The van der Waals surface area contributed by atoms with Crippen molar-refractivity contribution in [1.82, 2.24) is 0 Å². The predicted octanol–water partition coefficient (Wildman–Crippen LogP) is 0.396. The zero-order chi connectivity index (χ0) is 14.6. The second kappa shape index (κ2) is 5.81. The molecule has 104 valence electrons. The van der Waals surface area contributed by atoms with Gasteiger partial charge in [0, 0.05) is 0 Å². The van der Waals surface area contributed by atoms with Crippen LogP contribution in [0.1, 0.15) is 33.2 Å². The number of nitrogens with two attached hydrogens (primary N) is 1.